The van der Waals surface area contributed by atoms with Crippen LogP contribution in [0.25, 0.3) is 0 Å². The number of benzene rings is 4. The molecule has 2 N–H and O–H groups in total. The van der Waals surface area contributed by atoms with Crippen LogP contribution in [-0.2, 0) is 19.6 Å². The highest BCUT2D eigenvalue weighted by atomic mass is 32.2. The third kappa shape index (κ3) is 8.76. The van der Waals surface area contributed by atoms with Crippen molar-refractivity contribution in [1.29, 1.82) is 0 Å². The number of amides is 2. The Morgan fingerprint density at radius 3 is 2.04 bits per heavy atom. The van der Waals surface area contributed by atoms with Gasteiger partial charge in [0.05, 0.1) is 38.1 Å². The lowest BCUT2D eigenvalue weighted by atomic mass is 10.2. The molecule has 12 nitrogen and oxygen atoms in total. The summed E-state index contributed by atoms with van der Waals surface area (Å²) in [6.07, 6.45) is 1.39. The molecule has 0 spiro atoms. The first-order chi connectivity index (χ1) is 22.1. The van der Waals surface area contributed by atoms with Crippen molar-refractivity contribution in [3.8, 4) is 23.0 Å². The zero-order valence-electron chi connectivity index (χ0n) is 25.7. The van der Waals surface area contributed by atoms with Crippen LogP contribution in [0.5, 0.6) is 23.0 Å². The average molecular weight is 647 g/mol. The van der Waals surface area contributed by atoms with Gasteiger partial charge in [0.15, 0.2) is 6.61 Å². The van der Waals surface area contributed by atoms with Crippen LogP contribution in [-0.4, -0.2) is 60.9 Å². The molecule has 2 amide bonds. The lowest BCUT2D eigenvalue weighted by Gasteiger charge is -2.25. The van der Waals surface area contributed by atoms with Gasteiger partial charge in [0.25, 0.3) is 21.8 Å². The van der Waals surface area contributed by atoms with E-state index in [-0.39, 0.29) is 28.8 Å². The smallest absolute Gasteiger partial charge is 0.264 e. The van der Waals surface area contributed by atoms with Crippen LogP contribution in [0, 0.1) is 6.92 Å². The lowest BCUT2D eigenvalue weighted by Crippen LogP contribution is -2.39. The molecule has 0 fully saturated rings. The van der Waals surface area contributed by atoms with E-state index < -0.39 is 22.5 Å². The minimum absolute atomic E-state index is 0.000189. The number of sulfonamides is 1. The normalized spacial score (nSPS) is 11.0. The van der Waals surface area contributed by atoms with Gasteiger partial charge >= 0.3 is 0 Å². The van der Waals surface area contributed by atoms with Crippen molar-refractivity contribution in [2.45, 2.75) is 11.8 Å². The highest BCUT2D eigenvalue weighted by Crippen LogP contribution is 2.35. The van der Waals surface area contributed by atoms with E-state index in [2.05, 4.69) is 15.8 Å². The molecule has 0 aliphatic heterocycles. The second kappa shape index (κ2) is 15.4. The summed E-state index contributed by atoms with van der Waals surface area (Å²) in [6.45, 7) is 1.05. The van der Waals surface area contributed by atoms with Gasteiger partial charge in [-0.2, -0.15) is 5.10 Å². The molecule has 13 heteroatoms. The van der Waals surface area contributed by atoms with Crippen LogP contribution in [0.4, 0.5) is 11.4 Å². The molecule has 0 bridgehead atoms. The van der Waals surface area contributed by atoms with Crippen LogP contribution >= 0.6 is 0 Å². The van der Waals surface area contributed by atoms with Crippen molar-refractivity contribution in [3.05, 3.63) is 102 Å². The summed E-state index contributed by atoms with van der Waals surface area (Å²) in [4.78, 5) is 25.2. The number of hydrazone groups is 1. The Labute approximate surface area is 267 Å². The van der Waals surface area contributed by atoms with Gasteiger partial charge in [-0.15, -0.1) is 0 Å². The molecule has 4 aromatic carbocycles. The minimum Gasteiger partial charge on any atom is -0.497 e. The Balaban J connectivity index is 1.40. The summed E-state index contributed by atoms with van der Waals surface area (Å²) in [5, 5.41) is 6.71. The molecule has 0 aliphatic rings. The Bertz CT molecular complexity index is 1780. The van der Waals surface area contributed by atoms with Gasteiger partial charge in [-0.1, -0.05) is 17.7 Å². The number of hydrogen-bond donors (Lipinski definition) is 2. The summed E-state index contributed by atoms with van der Waals surface area (Å²) < 4.78 is 49.8. The molecular weight excluding hydrogens is 612 g/mol. The second-order valence-electron chi connectivity index (χ2n) is 9.79. The van der Waals surface area contributed by atoms with Crippen molar-refractivity contribution in [2.24, 2.45) is 5.10 Å². The second-order valence-corrected chi connectivity index (χ2v) is 11.7. The van der Waals surface area contributed by atoms with E-state index in [1.54, 1.807) is 79.9 Å². The third-order valence-corrected chi connectivity index (χ3v) is 8.35. The number of nitrogens with zero attached hydrogens (tertiary/aromatic N) is 2. The van der Waals surface area contributed by atoms with Gasteiger partial charge in [-0.3, -0.25) is 13.9 Å². The molecule has 46 heavy (non-hydrogen) atoms. The number of aryl methyl sites for hydroxylation is 1. The van der Waals surface area contributed by atoms with Crippen molar-refractivity contribution >= 4 is 39.4 Å². The Morgan fingerprint density at radius 1 is 0.783 bits per heavy atom. The van der Waals surface area contributed by atoms with Crippen molar-refractivity contribution in [2.75, 3.05) is 44.1 Å². The molecule has 0 unspecified atom stereocenters. The predicted octanol–water partition coefficient (Wildman–Crippen LogP) is 4.38. The standard InChI is InChI=1S/C33H34N4O8S/c1-23-5-16-29(17-6-23)46(40,41)37(30-19-28(43-3)15-18-31(30)44-4)21-32(38)36-34-20-24-7-11-27(12-8-24)45-22-33(39)35-25-9-13-26(42-2)14-10-25/h5-20H,21-22H2,1-4H3,(H,35,39)(H,36,38)/b34-20-. The van der Waals surface area contributed by atoms with Crippen LogP contribution < -0.4 is 34.0 Å². The first-order valence-corrected chi connectivity index (χ1v) is 15.4. The highest BCUT2D eigenvalue weighted by molar-refractivity contribution is 7.92. The first-order valence-electron chi connectivity index (χ1n) is 13.9. The molecule has 4 rings (SSSR count). The molecule has 240 valence electrons. The monoisotopic (exact) mass is 646 g/mol. The van der Waals surface area contributed by atoms with Gasteiger partial charge < -0.3 is 24.3 Å². The minimum atomic E-state index is -4.20. The fraction of sp³-hybridized carbons (Fsp3) is 0.182. The van der Waals surface area contributed by atoms with Crippen molar-refractivity contribution in [1.82, 2.24) is 5.43 Å². The van der Waals surface area contributed by atoms with E-state index in [0.717, 1.165) is 9.87 Å². The number of carbonyl (C=O) groups excluding carboxylic acids is 2. The fourth-order valence-electron chi connectivity index (χ4n) is 4.14. The van der Waals surface area contributed by atoms with Crippen molar-refractivity contribution in [3.63, 3.8) is 0 Å². The maximum Gasteiger partial charge on any atom is 0.264 e. The zero-order chi connectivity index (χ0) is 33.1. The molecule has 0 saturated carbocycles. The first kappa shape index (κ1) is 33.3. The van der Waals surface area contributed by atoms with Gasteiger partial charge in [-0.25, -0.2) is 13.8 Å². The Hall–Kier alpha value is -5.56. The number of methoxy groups -OCH3 is 3. The van der Waals surface area contributed by atoms with Gasteiger partial charge in [0, 0.05) is 11.8 Å². The summed E-state index contributed by atoms with van der Waals surface area (Å²) >= 11 is 0. The number of ether oxygens (including phenoxy) is 4. The van der Waals surface area contributed by atoms with Crippen LogP contribution in [0.2, 0.25) is 0 Å². The topological polar surface area (TPSA) is 145 Å². The molecule has 4 aromatic rings. The van der Waals surface area contributed by atoms with Gasteiger partial charge in [0.1, 0.15) is 29.5 Å². The maximum absolute atomic E-state index is 13.8. The average Bonchev–Trinajstić information content (AvgIpc) is 3.07. The van der Waals surface area contributed by atoms with E-state index in [1.165, 1.54) is 38.6 Å². The van der Waals surface area contributed by atoms with Crippen molar-refractivity contribution < 1.29 is 37.0 Å². The molecule has 0 saturated heterocycles. The van der Waals surface area contributed by atoms with E-state index in [1.807, 2.05) is 6.92 Å². The van der Waals surface area contributed by atoms with Crippen LogP contribution in [0.15, 0.2) is 101 Å². The number of nitrogens with one attached hydrogen (secondary N) is 2. The molecule has 0 atom stereocenters. The largest absolute Gasteiger partial charge is 0.497 e. The molecular formula is C33H34N4O8S. The summed E-state index contributed by atoms with van der Waals surface area (Å²) in [6, 6.07) is 24.5. The number of hydrogen-bond acceptors (Lipinski definition) is 9. The molecule has 0 aliphatic carbocycles. The zero-order valence-corrected chi connectivity index (χ0v) is 26.5. The maximum atomic E-state index is 13.8. The van der Waals surface area contributed by atoms with Crippen LogP contribution in [0.3, 0.4) is 0 Å². The Kier molecular flexibility index (Phi) is 11.2. The molecule has 0 aromatic heterocycles. The summed E-state index contributed by atoms with van der Waals surface area (Å²) in [5.74, 6) is 0.717. The van der Waals surface area contributed by atoms with E-state index >= 15 is 0 Å². The number of carbonyl (C=O) groups is 2. The highest BCUT2D eigenvalue weighted by Gasteiger charge is 2.30. The van der Waals surface area contributed by atoms with E-state index in [9.17, 15) is 18.0 Å². The SMILES string of the molecule is COc1ccc(NC(=O)COc2ccc(/C=N\NC(=O)CN(c3cc(OC)ccc3OC)S(=O)(=O)c3ccc(C)cc3)cc2)cc1. The van der Waals surface area contributed by atoms with Gasteiger partial charge in [0.2, 0.25) is 0 Å². The molecule has 0 heterocycles. The third-order valence-electron chi connectivity index (χ3n) is 6.58. The Morgan fingerprint density at radius 2 is 1.41 bits per heavy atom. The summed E-state index contributed by atoms with van der Waals surface area (Å²) in [7, 11) is 0.215. The van der Waals surface area contributed by atoms with Crippen LogP contribution in [0.1, 0.15) is 11.1 Å². The van der Waals surface area contributed by atoms with E-state index in [0.29, 0.717) is 28.5 Å². The quantitative estimate of drug-likeness (QED) is 0.152. The van der Waals surface area contributed by atoms with E-state index in [4.69, 9.17) is 18.9 Å². The molecule has 0 radical (unpaired) electrons. The van der Waals surface area contributed by atoms with Gasteiger partial charge in [-0.05, 0) is 85.3 Å². The number of rotatable bonds is 14. The predicted molar refractivity (Wildman–Crippen MR) is 175 cm³/mol. The summed E-state index contributed by atoms with van der Waals surface area (Å²) in [5.41, 5.74) is 4.61. The number of anilines is 2. The fourth-order valence-corrected chi connectivity index (χ4v) is 5.57. The lowest BCUT2D eigenvalue weighted by molar-refractivity contribution is -0.119.